The van der Waals surface area contributed by atoms with Gasteiger partial charge in [0.1, 0.15) is 5.52 Å². The number of rotatable bonds is 1. The molecule has 5 nitrogen and oxygen atoms in total. The molecule has 0 aliphatic carbocycles. The molecule has 0 bridgehead atoms. The van der Waals surface area contributed by atoms with Crippen LogP contribution in [0.25, 0.3) is 11.2 Å². The van der Waals surface area contributed by atoms with Crippen LogP contribution in [0.4, 0.5) is 5.69 Å². The van der Waals surface area contributed by atoms with Crippen LogP contribution in [0.15, 0.2) is 36.8 Å². The molecule has 1 aromatic carbocycles. The van der Waals surface area contributed by atoms with E-state index in [4.69, 9.17) is 0 Å². The summed E-state index contributed by atoms with van der Waals surface area (Å²) in [6.45, 7) is 2.80. The number of amides is 1. The summed E-state index contributed by atoms with van der Waals surface area (Å²) >= 11 is 0. The van der Waals surface area contributed by atoms with E-state index in [1.807, 2.05) is 22.6 Å². The summed E-state index contributed by atoms with van der Waals surface area (Å²) in [6, 6.07) is 8.16. The zero-order valence-electron chi connectivity index (χ0n) is 13.3. The molecule has 1 aliphatic rings. The van der Waals surface area contributed by atoms with Gasteiger partial charge >= 0.3 is 0 Å². The van der Waals surface area contributed by atoms with Crippen molar-refractivity contribution in [2.75, 3.05) is 11.4 Å². The number of imidazole rings is 1. The van der Waals surface area contributed by atoms with Gasteiger partial charge in [-0.05, 0) is 43.0 Å². The van der Waals surface area contributed by atoms with Crippen LogP contribution in [0.2, 0.25) is 0 Å². The average Bonchev–Trinajstić information content (AvgIpc) is 2.94. The topological polar surface area (TPSA) is 51.0 Å². The summed E-state index contributed by atoms with van der Waals surface area (Å²) in [5.41, 5.74) is 5.56. The van der Waals surface area contributed by atoms with Crippen LogP contribution < -0.4 is 4.90 Å². The lowest BCUT2D eigenvalue weighted by Crippen LogP contribution is -2.35. The molecule has 23 heavy (non-hydrogen) atoms. The number of anilines is 1. The number of hydrogen-bond donors (Lipinski definition) is 0. The molecule has 1 amide bonds. The lowest BCUT2D eigenvalue weighted by Gasteiger charge is -2.29. The number of carbonyl (C=O) groups is 1. The zero-order valence-corrected chi connectivity index (χ0v) is 13.3. The van der Waals surface area contributed by atoms with Gasteiger partial charge in [0.25, 0.3) is 5.91 Å². The number of fused-ring (bicyclic) bond motifs is 2. The van der Waals surface area contributed by atoms with Crippen molar-refractivity contribution in [2.45, 2.75) is 19.8 Å². The lowest BCUT2D eigenvalue weighted by atomic mass is 9.99. The van der Waals surface area contributed by atoms with E-state index in [0.29, 0.717) is 5.56 Å². The lowest BCUT2D eigenvalue weighted by molar-refractivity contribution is 0.0985. The van der Waals surface area contributed by atoms with E-state index in [1.165, 1.54) is 11.1 Å². The molecular formula is C18H18N4O. The molecule has 4 rings (SSSR count). The summed E-state index contributed by atoms with van der Waals surface area (Å²) in [4.78, 5) is 23.5. The molecule has 3 heterocycles. The highest BCUT2D eigenvalue weighted by Crippen LogP contribution is 2.29. The fraction of sp³-hybridized carbons (Fsp3) is 0.278. The van der Waals surface area contributed by atoms with E-state index >= 15 is 0 Å². The minimum atomic E-state index is -0.00315. The number of carbonyl (C=O) groups excluding carboxylic acids is 1. The Balaban J connectivity index is 1.75. The maximum atomic E-state index is 13.0. The summed E-state index contributed by atoms with van der Waals surface area (Å²) in [5.74, 6) is -0.00315. The molecule has 3 aromatic rings. The molecule has 0 atom stereocenters. The van der Waals surface area contributed by atoms with Crippen molar-refractivity contribution in [3.05, 3.63) is 53.5 Å². The third kappa shape index (κ3) is 2.29. The number of benzene rings is 1. The van der Waals surface area contributed by atoms with Crippen molar-refractivity contribution in [2.24, 2.45) is 7.05 Å². The normalized spacial score (nSPS) is 14.1. The number of pyridine rings is 1. The molecule has 2 aromatic heterocycles. The molecule has 0 radical (unpaired) electrons. The van der Waals surface area contributed by atoms with Crippen LogP contribution in [0, 0.1) is 6.92 Å². The Bertz CT molecular complexity index is 913. The summed E-state index contributed by atoms with van der Waals surface area (Å²) < 4.78 is 1.85. The van der Waals surface area contributed by atoms with Crippen LogP contribution in [0.1, 0.15) is 27.9 Å². The molecule has 1 aliphatic heterocycles. The third-order valence-corrected chi connectivity index (χ3v) is 4.40. The molecule has 0 N–H and O–H groups in total. The highest BCUT2D eigenvalue weighted by molar-refractivity contribution is 6.07. The highest BCUT2D eigenvalue weighted by Gasteiger charge is 2.24. The molecular weight excluding hydrogens is 288 g/mol. The minimum absolute atomic E-state index is 0.00315. The van der Waals surface area contributed by atoms with Gasteiger partial charge in [-0.2, -0.15) is 0 Å². The van der Waals surface area contributed by atoms with Gasteiger partial charge in [-0.3, -0.25) is 4.79 Å². The van der Waals surface area contributed by atoms with Crippen LogP contribution in [-0.4, -0.2) is 27.0 Å². The van der Waals surface area contributed by atoms with Crippen molar-refractivity contribution in [1.29, 1.82) is 0 Å². The van der Waals surface area contributed by atoms with Crippen LogP contribution in [0.5, 0.6) is 0 Å². The SMILES string of the molecule is Cc1ccc2c(c1)N(C(=O)c1cnc3c(c1)ncn3C)CCC2. The maximum Gasteiger partial charge on any atom is 0.259 e. The monoisotopic (exact) mass is 306 g/mol. The summed E-state index contributed by atoms with van der Waals surface area (Å²) in [7, 11) is 1.90. The number of aryl methyl sites for hydroxylation is 3. The third-order valence-electron chi connectivity index (χ3n) is 4.40. The minimum Gasteiger partial charge on any atom is -0.318 e. The van der Waals surface area contributed by atoms with Crippen LogP contribution >= 0.6 is 0 Å². The Hall–Kier alpha value is -2.69. The number of hydrogen-bond acceptors (Lipinski definition) is 3. The molecule has 0 spiro atoms. The van der Waals surface area contributed by atoms with Gasteiger partial charge < -0.3 is 9.47 Å². The quantitative estimate of drug-likeness (QED) is 0.694. The van der Waals surface area contributed by atoms with E-state index in [-0.39, 0.29) is 5.91 Å². The smallest absolute Gasteiger partial charge is 0.259 e. The first-order chi connectivity index (χ1) is 11.1. The Kier molecular flexibility index (Phi) is 3.15. The molecule has 116 valence electrons. The van der Waals surface area contributed by atoms with Crippen molar-refractivity contribution < 1.29 is 4.79 Å². The molecule has 5 heteroatoms. The van der Waals surface area contributed by atoms with Crippen LogP contribution in [0.3, 0.4) is 0 Å². The number of nitrogens with zero attached hydrogens (tertiary/aromatic N) is 4. The first-order valence-electron chi connectivity index (χ1n) is 7.82. The fourth-order valence-electron chi connectivity index (χ4n) is 3.18. The summed E-state index contributed by atoms with van der Waals surface area (Å²) in [5, 5.41) is 0. The van der Waals surface area contributed by atoms with Gasteiger partial charge in [0.2, 0.25) is 0 Å². The Morgan fingerprint density at radius 3 is 2.96 bits per heavy atom. The summed E-state index contributed by atoms with van der Waals surface area (Å²) in [6.07, 6.45) is 5.37. The van der Waals surface area contributed by atoms with E-state index in [1.54, 1.807) is 12.5 Å². The standard InChI is InChI=1S/C18H18N4O/c1-12-5-6-13-4-3-7-22(16(13)8-12)18(23)14-9-15-17(19-10-14)21(2)11-20-15/h5-6,8-11H,3-4,7H2,1-2H3. The van der Waals surface area contributed by atoms with Gasteiger partial charge in [-0.15, -0.1) is 0 Å². The van der Waals surface area contributed by atoms with E-state index in [0.717, 1.165) is 36.2 Å². The Labute approximate surface area is 134 Å². The molecule has 0 saturated carbocycles. The predicted octanol–water partition coefficient (Wildman–Crippen LogP) is 2.87. The molecule has 0 saturated heterocycles. The van der Waals surface area contributed by atoms with Crippen molar-refractivity contribution in [3.8, 4) is 0 Å². The second kappa shape index (κ2) is 5.19. The van der Waals surface area contributed by atoms with Crippen LogP contribution in [-0.2, 0) is 13.5 Å². The van der Waals surface area contributed by atoms with Crippen molar-refractivity contribution in [3.63, 3.8) is 0 Å². The van der Waals surface area contributed by atoms with E-state index in [2.05, 4.69) is 35.1 Å². The second-order valence-electron chi connectivity index (χ2n) is 6.11. The first-order valence-corrected chi connectivity index (χ1v) is 7.82. The molecule has 0 unspecified atom stereocenters. The van der Waals surface area contributed by atoms with Gasteiger partial charge in [0, 0.05) is 25.5 Å². The van der Waals surface area contributed by atoms with E-state index < -0.39 is 0 Å². The number of aromatic nitrogens is 3. The zero-order chi connectivity index (χ0) is 16.0. The Morgan fingerprint density at radius 2 is 2.09 bits per heavy atom. The largest absolute Gasteiger partial charge is 0.318 e. The van der Waals surface area contributed by atoms with Gasteiger partial charge in [0.15, 0.2) is 5.65 Å². The van der Waals surface area contributed by atoms with Crippen molar-refractivity contribution >= 4 is 22.8 Å². The molecule has 0 fully saturated rings. The highest BCUT2D eigenvalue weighted by atomic mass is 16.2. The van der Waals surface area contributed by atoms with Gasteiger partial charge in [-0.25, -0.2) is 9.97 Å². The second-order valence-corrected chi connectivity index (χ2v) is 6.11. The predicted molar refractivity (Wildman–Crippen MR) is 89.7 cm³/mol. The van der Waals surface area contributed by atoms with Gasteiger partial charge in [0.05, 0.1) is 11.9 Å². The van der Waals surface area contributed by atoms with Crippen molar-refractivity contribution in [1.82, 2.24) is 14.5 Å². The van der Waals surface area contributed by atoms with Gasteiger partial charge in [-0.1, -0.05) is 12.1 Å². The first kappa shape index (κ1) is 13.9. The average molecular weight is 306 g/mol. The Morgan fingerprint density at radius 1 is 1.22 bits per heavy atom. The van der Waals surface area contributed by atoms with E-state index in [9.17, 15) is 4.79 Å². The maximum absolute atomic E-state index is 13.0. The fourth-order valence-corrected chi connectivity index (χ4v) is 3.18.